The molecule has 0 aromatic heterocycles. The van der Waals surface area contributed by atoms with Crippen LogP contribution in [0.5, 0.6) is 0 Å². The third-order valence-corrected chi connectivity index (χ3v) is 3.15. The lowest BCUT2D eigenvalue weighted by molar-refractivity contribution is 0.0420. The molecule has 0 fully saturated rings. The summed E-state index contributed by atoms with van der Waals surface area (Å²) >= 11 is 0. The highest BCUT2D eigenvalue weighted by atomic mass is 16.2. The molecule has 1 aromatic rings. The van der Waals surface area contributed by atoms with Crippen LogP contribution in [0.3, 0.4) is 0 Å². The van der Waals surface area contributed by atoms with Crippen molar-refractivity contribution in [2.24, 2.45) is 0 Å². The number of hydrazine groups is 1. The van der Waals surface area contributed by atoms with Crippen molar-refractivity contribution in [2.75, 3.05) is 13.1 Å². The molecule has 0 saturated carbocycles. The standard InChI is InChI=1S/C16H25N3O2/c1-6-18(7-2)15(21)17-19(16(3,4)5)14(20)13-11-9-8-10-12-13/h8-12H,6-7H2,1-5H3,(H,17,21). The molecule has 5 heteroatoms. The van der Waals surface area contributed by atoms with Crippen molar-refractivity contribution in [1.29, 1.82) is 0 Å². The number of nitrogens with zero attached hydrogens (tertiary/aromatic N) is 2. The van der Waals surface area contributed by atoms with Crippen LogP contribution in [0.15, 0.2) is 30.3 Å². The zero-order valence-corrected chi connectivity index (χ0v) is 13.5. The highest BCUT2D eigenvalue weighted by Gasteiger charge is 2.30. The lowest BCUT2D eigenvalue weighted by atomic mass is 10.1. The Labute approximate surface area is 126 Å². The number of urea groups is 1. The fraction of sp³-hybridized carbons (Fsp3) is 0.500. The molecule has 0 aliphatic heterocycles. The topological polar surface area (TPSA) is 52.7 Å². The van der Waals surface area contributed by atoms with Crippen LogP contribution < -0.4 is 5.43 Å². The van der Waals surface area contributed by atoms with Crippen molar-refractivity contribution in [3.05, 3.63) is 35.9 Å². The summed E-state index contributed by atoms with van der Waals surface area (Å²) < 4.78 is 0. The molecule has 0 saturated heterocycles. The third kappa shape index (κ3) is 4.48. The predicted molar refractivity (Wildman–Crippen MR) is 83.8 cm³/mol. The number of amides is 3. The second kappa shape index (κ2) is 7.11. The van der Waals surface area contributed by atoms with Gasteiger partial charge in [0.25, 0.3) is 5.91 Å². The van der Waals surface area contributed by atoms with Crippen LogP contribution >= 0.6 is 0 Å². The van der Waals surface area contributed by atoms with Crippen molar-refractivity contribution in [3.8, 4) is 0 Å². The number of carbonyl (C=O) groups is 2. The molecule has 0 radical (unpaired) electrons. The fourth-order valence-corrected chi connectivity index (χ4v) is 1.91. The maximum absolute atomic E-state index is 12.6. The molecule has 5 nitrogen and oxygen atoms in total. The maximum atomic E-state index is 12.6. The Hall–Kier alpha value is -2.04. The quantitative estimate of drug-likeness (QED) is 0.871. The second-order valence-corrected chi connectivity index (χ2v) is 5.77. The Morgan fingerprint density at radius 2 is 1.57 bits per heavy atom. The number of benzene rings is 1. The molecule has 1 aromatic carbocycles. The van der Waals surface area contributed by atoms with E-state index in [0.29, 0.717) is 18.7 Å². The third-order valence-electron chi connectivity index (χ3n) is 3.15. The number of rotatable bonds is 3. The lowest BCUT2D eigenvalue weighted by Gasteiger charge is -2.37. The number of hydrogen-bond acceptors (Lipinski definition) is 2. The molecule has 116 valence electrons. The van der Waals surface area contributed by atoms with Crippen molar-refractivity contribution in [3.63, 3.8) is 0 Å². The molecule has 1 rings (SSSR count). The van der Waals surface area contributed by atoms with Crippen LogP contribution in [0.4, 0.5) is 4.79 Å². The van der Waals surface area contributed by atoms with E-state index in [1.807, 2.05) is 40.7 Å². The molecule has 3 amide bonds. The molecule has 0 aliphatic rings. The smallest absolute Gasteiger partial charge is 0.324 e. The first-order chi connectivity index (χ1) is 9.81. The largest absolute Gasteiger partial charge is 0.336 e. The summed E-state index contributed by atoms with van der Waals surface area (Å²) in [6, 6.07) is 8.68. The van der Waals surface area contributed by atoms with Gasteiger partial charge in [0, 0.05) is 18.7 Å². The van der Waals surface area contributed by atoms with Gasteiger partial charge in [-0.3, -0.25) is 4.79 Å². The van der Waals surface area contributed by atoms with E-state index in [4.69, 9.17) is 0 Å². The van der Waals surface area contributed by atoms with Gasteiger partial charge in [-0.25, -0.2) is 15.2 Å². The van der Waals surface area contributed by atoms with Crippen LogP contribution in [0.1, 0.15) is 45.0 Å². The summed E-state index contributed by atoms with van der Waals surface area (Å²) in [6.45, 7) is 10.7. The summed E-state index contributed by atoms with van der Waals surface area (Å²) in [7, 11) is 0. The van der Waals surface area contributed by atoms with E-state index in [1.54, 1.807) is 29.2 Å². The van der Waals surface area contributed by atoms with E-state index in [2.05, 4.69) is 5.43 Å². The molecule has 0 heterocycles. The van der Waals surface area contributed by atoms with Crippen LogP contribution in [-0.4, -0.2) is 40.5 Å². The van der Waals surface area contributed by atoms with E-state index in [9.17, 15) is 9.59 Å². The van der Waals surface area contributed by atoms with Crippen molar-refractivity contribution < 1.29 is 9.59 Å². The fourth-order valence-electron chi connectivity index (χ4n) is 1.91. The van der Waals surface area contributed by atoms with Crippen LogP contribution in [-0.2, 0) is 0 Å². The minimum Gasteiger partial charge on any atom is -0.324 e. The first kappa shape index (κ1) is 17.0. The maximum Gasteiger partial charge on any atom is 0.336 e. The lowest BCUT2D eigenvalue weighted by Crippen LogP contribution is -2.58. The van der Waals surface area contributed by atoms with E-state index in [0.717, 1.165) is 0 Å². The summed E-state index contributed by atoms with van der Waals surface area (Å²) in [6.07, 6.45) is 0. The van der Waals surface area contributed by atoms with Gasteiger partial charge in [0.2, 0.25) is 0 Å². The minimum absolute atomic E-state index is 0.219. The zero-order valence-electron chi connectivity index (χ0n) is 13.5. The van der Waals surface area contributed by atoms with Crippen LogP contribution in [0.25, 0.3) is 0 Å². The minimum atomic E-state index is -0.518. The van der Waals surface area contributed by atoms with Gasteiger partial charge in [-0.2, -0.15) is 0 Å². The Balaban J connectivity index is 2.98. The molecule has 21 heavy (non-hydrogen) atoms. The highest BCUT2D eigenvalue weighted by Crippen LogP contribution is 2.15. The number of carbonyl (C=O) groups excluding carboxylic acids is 2. The molecule has 0 atom stereocenters. The van der Waals surface area contributed by atoms with Gasteiger partial charge < -0.3 is 4.90 Å². The highest BCUT2D eigenvalue weighted by molar-refractivity contribution is 5.95. The summed E-state index contributed by atoms with van der Waals surface area (Å²) in [5.41, 5.74) is 2.76. The summed E-state index contributed by atoms with van der Waals surface area (Å²) in [5, 5.41) is 1.39. The number of nitrogens with one attached hydrogen (secondary N) is 1. The Kier molecular flexibility index (Phi) is 5.76. The Bertz CT molecular complexity index is 476. The molecule has 0 aliphatic carbocycles. The van der Waals surface area contributed by atoms with Crippen LogP contribution in [0, 0.1) is 0 Å². The first-order valence-corrected chi connectivity index (χ1v) is 7.26. The normalized spacial score (nSPS) is 10.9. The molecular weight excluding hydrogens is 266 g/mol. The average Bonchev–Trinajstić information content (AvgIpc) is 2.45. The van der Waals surface area contributed by atoms with Gasteiger partial charge >= 0.3 is 6.03 Å². The molecule has 1 N–H and O–H groups in total. The van der Waals surface area contributed by atoms with Crippen molar-refractivity contribution in [2.45, 2.75) is 40.2 Å². The van der Waals surface area contributed by atoms with E-state index < -0.39 is 5.54 Å². The zero-order chi connectivity index (χ0) is 16.0. The van der Waals surface area contributed by atoms with Gasteiger partial charge in [-0.15, -0.1) is 0 Å². The second-order valence-electron chi connectivity index (χ2n) is 5.77. The van der Waals surface area contributed by atoms with Gasteiger partial charge in [-0.1, -0.05) is 18.2 Å². The van der Waals surface area contributed by atoms with E-state index in [-0.39, 0.29) is 11.9 Å². The summed E-state index contributed by atoms with van der Waals surface area (Å²) in [5.74, 6) is -0.219. The van der Waals surface area contributed by atoms with Gasteiger partial charge in [-0.05, 0) is 46.8 Å². The van der Waals surface area contributed by atoms with Gasteiger partial charge in [0.05, 0.1) is 5.54 Å². The van der Waals surface area contributed by atoms with Crippen molar-refractivity contribution >= 4 is 11.9 Å². The molecule has 0 bridgehead atoms. The Morgan fingerprint density at radius 1 is 1.05 bits per heavy atom. The first-order valence-electron chi connectivity index (χ1n) is 7.26. The number of hydrogen-bond donors (Lipinski definition) is 1. The van der Waals surface area contributed by atoms with Gasteiger partial charge in [0.15, 0.2) is 0 Å². The molecule has 0 spiro atoms. The van der Waals surface area contributed by atoms with Crippen molar-refractivity contribution in [1.82, 2.24) is 15.3 Å². The average molecular weight is 291 g/mol. The molecular formula is C16H25N3O2. The monoisotopic (exact) mass is 291 g/mol. The molecule has 0 unspecified atom stereocenters. The van der Waals surface area contributed by atoms with E-state index in [1.165, 1.54) is 5.01 Å². The van der Waals surface area contributed by atoms with Crippen LogP contribution in [0.2, 0.25) is 0 Å². The predicted octanol–water partition coefficient (Wildman–Crippen LogP) is 2.89. The Morgan fingerprint density at radius 3 is 2.00 bits per heavy atom. The van der Waals surface area contributed by atoms with Gasteiger partial charge in [0.1, 0.15) is 0 Å². The van der Waals surface area contributed by atoms with E-state index >= 15 is 0 Å². The summed E-state index contributed by atoms with van der Waals surface area (Å²) in [4.78, 5) is 26.5. The SMILES string of the molecule is CCN(CC)C(=O)NN(C(=O)c1ccccc1)C(C)(C)C.